The van der Waals surface area contributed by atoms with Crippen molar-refractivity contribution >= 4 is 22.8 Å². The number of carboxylic acid groups (broad SMARTS) is 1. The highest BCUT2D eigenvalue weighted by Crippen LogP contribution is 2.04. The Balaban J connectivity index is 2.61. The van der Waals surface area contributed by atoms with Crippen molar-refractivity contribution in [3.8, 4) is 12.3 Å². The summed E-state index contributed by atoms with van der Waals surface area (Å²) >= 11 is 0. The molecule has 2 amide bonds. The van der Waals surface area contributed by atoms with Crippen molar-refractivity contribution in [2.45, 2.75) is 0 Å². The number of carboxylic acids is 1. The van der Waals surface area contributed by atoms with Crippen molar-refractivity contribution in [1.29, 1.82) is 0 Å². The van der Waals surface area contributed by atoms with Crippen LogP contribution in [0.3, 0.4) is 0 Å². The van der Waals surface area contributed by atoms with Gasteiger partial charge in [-0.25, -0.2) is 4.79 Å². The fraction of sp³-hybridized carbons (Fsp3) is 0.600. The van der Waals surface area contributed by atoms with E-state index in [0.717, 1.165) is 4.90 Å². The summed E-state index contributed by atoms with van der Waals surface area (Å²) < 4.78 is 11.1. The first-order valence-corrected chi connectivity index (χ1v) is 6.57. The summed E-state index contributed by atoms with van der Waals surface area (Å²) in [5, 5.41) is 8.67. The zero-order valence-corrected chi connectivity index (χ0v) is 10.1. The van der Waals surface area contributed by atoms with Crippen LogP contribution in [0.2, 0.25) is 0 Å². The Labute approximate surface area is 102 Å². The number of nitrogens with zero attached hydrogens (tertiary/aromatic N) is 2. The number of hydrogen-bond acceptors (Lipinski definition) is 3. The Kier molecular flexibility index (Phi) is 4.97. The lowest BCUT2D eigenvalue weighted by atomic mass is 10.4. The van der Waals surface area contributed by atoms with Gasteiger partial charge in [-0.15, -0.1) is 6.42 Å². The maximum Gasteiger partial charge on any atom is 0.323 e. The Morgan fingerprint density at radius 1 is 1.41 bits per heavy atom. The van der Waals surface area contributed by atoms with Gasteiger partial charge in [0, 0.05) is 35.4 Å². The van der Waals surface area contributed by atoms with E-state index in [9.17, 15) is 13.8 Å². The second-order valence-electron chi connectivity index (χ2n) is 3.57. The molecule has 0 unspecified atom stereocenters. The van der Waals surface area contributed by atoms with Crippen LogP contribution in [0.25, 0.3) is 0 Å². The van der Waals surface area contributed by atoms with Crippen LogP contribution in [0.15, 0.2) is 0 Å². The Morgan fingerprint density at radius 3 is 2.47 bits per heavy atom. The molecular formula is C10H14N2O4S. The lowest BCUT2D eigenvalue weighted by Gasteiger charge is -2.31. The van der Waals surface area contributed by atoms with Crippen molar-refractivity contribution in [3.05, 3.63) is 0 Å². The molecule has 1 aliphatic heterocycles. The number of urea groups is 1. The van der Waals surface area contributed by atoms with Crippen molar-refractivity contribution in [1.82, 2.24) is 9.80 Å². The lowest BCUT2D eigenvalue weighted by molar-refractivity contribution is -0.137. The van der Waals surface area contributed by atoms with E-state index in [1.165, 1.54) is 4.90 Å². The van der Waals surface area contributed by atoms with Gasteiger partial charge in [-0.2, -0.15) is 0 Å². The van der Waals surface area contributed by atoms with Gasteiger partial charge >= 0.3 is 12.0 Å². The third-order valence-electron chi connectivity index (χ3n) is 2.33. The number of carbonyl (C=O) groups is 2. The SMILES string of the molecule is C#CCN(CC(=O)O)C(=O)N1CCS(=O)CC1. The van der Waals surface area contributed by atoms with Gasteiger partial charge in [0.05, 0.1) is 6.54 Å². The Hall–Kier alpha value is -1.55. The molecule has 7 heteroatoms. The summed E-state index contributed by atoms with van der Waals surface area (Å²) in [6.07, 6.45) is 5.09. The first-order valence-electron chi connectivity index (χ1n) is 5.08. The zero-order chi connectivity index (χ0) is 12.8. The molecule has 17 heavy (non-hydrogen) atoms. The number of amides is 2. The van der Waals surface area contributed by atoms with Gasteiger partial charge in [-0.3, -0.25) is 9.00 Å². The molecule has 1 N–H and O–H groups in total. The summed E-state index contributed by atoms with van der Waals surface area (Å²) in [5.41, 5.74) is 0. The molecule has 0 radical (unpaired) electrons. The maximum atomic E-state index is 11.9. The fourth-order valence-corrected chi connectivity index (χ4v) is 2.55. The molecule has 1 saturated heterocycles. The van der Waals surface area contributed by atoms with Crippen LogP contribution in [0.5, 0.6) is 0 Å². The third kappa shape index (κ3) is 4.07. The molecule has 1 heterocycles. The minimum absolute atomic E-state index is 0.0370. The second-order valence-corrected chi connectivity index (χ2v) is 5.27. The number of hydrogen-bond donors (Lipinski definition) is 1. The molecule has 94 valence electrons. The normalized spacial score (nSPS) is 16.3. The standard InChI is InChI=1S/C10H14N2O4S/c1-2-3-12(8-9(13)14)10(15)11-4-6-17(16)7-5-11/h1H,3-8H2,(H,13,14). The van der Waals surface area contributed by atoms with Crippen LogP contribution in [-0.4, -0.2) is 68.8 Å². The van der Waals surface area contributed by atoms with E-state index in [2.05, 4.69) is 5.92 Å². The quantitative estimate of drug-likeness (QED) is 0.672. The van der Waals surface area contributed by atoms with Gasteiger partial charge in [0.2, 0.25) is 0 Å². The number of aliphatic carboxylic acids is 1. The molecule has 0 bridgehead atoms. The highest BCUT2D eigenvalue weighted by atomic mass is 32.2. The molecule has 0 aromatic carbocycles. The molecule has 0 aliphatic carbocycles. The Morgan fingerprint density at radius 2 is 2.00 bits per heavy atom. The highest BCUT2D eigenvalue weighted by Gasteiger charge is 2.25. The smallest absolute Gasteiger partial charge is 0.323 e. The van der Waals surface area contributed by atoms with Gasteiger partial charge in [-0.1, -0.05) is 5.92 Å². The lowest BCUT2D eigenvalue weighted by Crippen LogP contribution is -2.50. The molecule has 1 rings (SSSR count). The molecule has 6 nitrogen and oxygen atoms in total. The predicted octanol–water partition coefficient (Wildman–Crippen LogP) is -0.809. The van der Waals surface area contributed by atoms with E-state index in [1.807, 2.05) is 0 Å². The monoisotopic (exact) mass is 258 g/mol. The average Bonchev–Trinajstić information content (AvgIpc) is 2.28. The van der Waals surface area contributed by atoms with Gasteiger partial charge < -0.3 is 14.9 Å². The molecule has 0 spiro atoms. The Bertz CT molecular complexity index is 367. The minimum Gasteiger partial charge on any atom is -0.480 e. The van der Waals surface area contributed by atoms with E-state index in [-0.39, 0.29) is 6.54 Å². The van der Waals surface area contributed by atoms with Crippen molar-refractivity contribution in [2.75, 3.05) is 37.7 Å². The van der Waals surface area contributed by atoms with Gasteiger partial charge in [0.1, 0.15) is 6.54 Å². The van der Waals surface area contributed by atoms with Crippen LogP contribution in [0.1, 0.15) is 0 Å². The fourth-order valence-electron chi connectivity index (χ4n) is 1.49. The number of terminal acetylenes is 1. The van der Waals surface area contributed by atoms with Crippen LogP contribution in [-0.2, 0) is 15.6 Å². The second kappa shape index (κ2) is 6.25. The molecule has 0 aromatic heterocycles. The van der Waals surface area contributed by atoms with Gasteiger partial charge in [0.15, 0.2) is 0 Å². The summed E-state index contributed by atoms with van der Waals surface area (Å²) in [6, 6.07) is -0.401. The van der Waals surface area contributed by atoms with Crippen LogP contribution in [0.4, 0.5) is 4.79 Å². The zero-order valence-electron chi connectivity index (χ0n) is 9.29. The van der Waals surface area contributed by atoms with E-state index in [4.69, 9.17) is 11.5 Å². The van der Waals surface area contributed by atoms with Crippen molar-refractivity contribution in [3.63, 3.8) is 0 Å². The summed E-state index contributed by atoms with van der Waals surface area (Å²) in [4.78, 5) is 25.1. The number of rotatable bonds is 3. The van der Waals surface area contributed by atoms with Crippen LogP contribution in [0, 0.1) is 12.3 Å². The third-order valence-corrected chi connectivity index (χ3v) is 3.60. The highest BCUT2D eigenvalue weighted by molar-refractivity contribution is 7.85. The minimum atomic E-state index is -1.10. The number of carbonyl (C=O) groups excluding carboxylic acids is 1. The van der Waals surface area contributed by atoms with Crippen LogP contribution < -0.4 is 0 Å². The van der Waals surface area contributed by atoms with Crippen molar-refractivity contribution < 1.29 is 18.9 Å². The van der Waals surface area contributed by atoms with Crippen LogP contribution >= 0.6 is 0 Å². The molecule has 1 aliphatic rings. The molecule has 0 atom stereocenters. The van der Waals surface area contributed by atoms with Gasteiger partial charge in [0.25, 0.3) is 0 Å². The van der Waals surface area contributed by atoms with E-state index < -0.39 is 29.3 Å². The van der Waals surface area contributed by atoms with E-state index >= 15 is 0 Å². The predicted molar refractivity (Wildman–Crippen MR) is 62.9 cm³/mol. The van der Waals surface area contributed by atoms with Gasteiger partial charge in [-0.05, 0) is 0 Å². The first-order chi connectivity index (χ1) is 8.04. The van der Waals surface area contributed by atoms with Crippen molar-refractivity contribution in [2.24, 2.45) is 0 Å². The molecular weight excluding hydrogens is 244 g/mol. The molecule has 0 saturated carbocycles. The summed E-state index contributed by atoms with van der Waals surface area (Å²) in [5.74, 6) is 2.02. The summed E-state index contributed by atoms with van der Waals surface area (Å²) in [6.45, 7) is 0.311. The largest absolute Gasteiger partial charge is 0.480 e. The average molecular weight is 258 g/mol. The molecule has 1 fully saturated rings. The molecule has 0 aromatic rings. The first kappa shape index (κ1) is 13.5. The summed E-state index contributed by atoms with van der Waals surface area (Å²) in [7, 11) is -0.874. The van der Waals surface area contributed by atoms with E-state index in [1.54, 1.807) is 0 Å². The maximum absolute atomic E-state index is 11.9. The van der Waals surface area contributed by atoms with E-state index in [0.29, 0.717) is 24.6 Å². The topological polar surface area (TPSA) is 77.9 Å².